The standard InChI is InChI=1S/C14H24O10/c1-3-5-7(15)9(17)12(20)14(23-5)22-4-6-8(16)10(18)11(19)13(21-2)24-6/h3,5-20H,1,4H2,2H3/t5-,6-,7+,8+,9+,10+,11-,12-,13+,14-/m1/s1. The van der Waals surface area contributed by atoms with E-state index < -0.39 is 61.4 Å². The molecule has 10 heteroatoms. The third-order valence-electron chi connectivity index (χ3n) is 4.16. The first-order chi connectivity index (χ1) is 11.3. The minimum Gasteiger partial charge on any atom is -0.387 e. The van der Waals surface area contributed by atoms with Gasteiger partial charge in [0.25, 0.3) is 0 Å². The summed E-state index contributed by atoms with van der Waals surface area (Å²) in [6.07, 6.45) is -12.1. The van der Waals surface area contributed by atoms with E-state index in [1.54, 1.807) is 0 Å². The van der Waals surface area contributed by atoms with Crippen LogP contribution in [0.5, 0.6) is 0 Å². The molecule has 0 aromatic carbocycles. The van der Waals surface area contributed by atoms with Crippen molar-refractivity contribution in [2.24, 2.45) is 0 Å². The molecule has 0 aromatic rings. The normalized spacial score (nSPS) is 49.8. The average molecular weight is 352 g/mol. The third kappa shape index (κ3) is 3.78. The van der Waals surface area contributed by atoms with Crippen molar-refractivity contribution in [1.29, 1.82) is 0 Å². The first-order valence-electron chi connectivity index (χ1n) is 7.48. The lowest BCUT2D eigenvalue weighted by Gasteiger charge is -2.42. The van der Waals surface area contributed by atoms with Gasteiger partial charge in [-0.15, -0.1) is 6.58 Å². The van der Waals surface area contributed by atoms with Gasteiger partial charge in [-0.3, -0.25) is 0 Å². The Labute approximate surface area is 138 Å². The zero-order chi connectivity index (χ0) is 18.0. The summed E-state index contributed by atoms with van der Waals surface area (Å²) in [4.78, 5) is 0. The van der Waals surface area contributed by atoms with Crippen LogP contribution in [0.4, 0.5) is 0 Å². The van der Waals surface area contributed by atoms with Gasteiger partial charge in [-0.1, -0.05) is 6.08 Å². The first kappa shape index (κ1) is 19.7. The van der Waals surface area contributed by atoms with E-state index in [2.05, 4.69) is 6.58 Å². The van der Waals surface area contributed by atoms with Gasteiger partial charge in [0, 0.05) is 7.11 Å². The Morgan fingerprint density at radius 2 is 1.42 bits per heavy atom. The van der Waals surface area contributed by atoms with E-state index in [0.29, 0.717) is 0 Å². The molecule has 24 heavy (non-hydrogen) atoms. The highest BCUT2D eigenvalue weighted by atomic mass is 16.7. The second-order valence-electron chi connectivity index (χ2n) is 5.76. The van der Waals surface area contributed by atoms with Crippen LogP contribution >= 0.6 is 0 Å². The summed E-state index contributed by atoms with van der Waals surface area (Å²) in [5, 5.41) is 58.8. The number of hydrogen-bond donors (Lipinski definition) is 6. The Balaban J connectivity index is 1.97. The van der Waals surface area contributed by atoms with Crippen molar-refractivity contribution in [2.45, 2.75) is 61.4 Å². The Hall–Kier alpha value is -0.660. The fraction of sp³-hybridized carbons (Fsp3) is 0.857. The van der Waals surface area contributed by atoms with Gasteiger partial charge in [-0.2, -0.15) is 0 Å². The summed E-state index contributed by atoms with van der Waals surface area (Å²) < 4.78 is 20.7. The van der Waals surface area contributed by atoms with E-state index in [1.807, 2.05) is 0 Å². The van der Waals surface area contributed by atoms with Crippen LogP contribution in [0.2, 0.25) is 0 Å². The van der Waals surface area contributed by atoms with Crippen molar-refractivity contribution < 1.29 is 49.6 Å². The predicted molar refractivity (Wildman–Crippen MR) is 76.5 cm³/mol. The molecule has 0 aliphatic carbocycles. The molecule has 6 N–H and O–H groups in total. The predicted octanol–water partition coefficient (Wildman–Crippen LogP) is -3.55. The van der Waals surface area contributed by atoms with Gasteiger partial charge in [0.2, 0.25) is 0 Å². The first-order valence-corrected chi connectivity index (χ1v) is 7.48. The van der Waals surface area contributed by atoms with Crippen molar-refractivity contribution in [3.05, 3.63) is 12.7 Å². The second kappa shape index (κ2) is 8.15. The van der Waals surface area contributed by atoms with Gasteiger partial charge in [-0.05, 0) is 0 Å². The molecular weight excluding hydrogens is 328 g/mol. The maximum atomic E-state index is 9.93. The van der Waals surface area contributed by atoms with Crippen LogP contribution in [0.1, 0.15) is 0 Å². The van der Waals surface area contributed by atoms with E-state index in [1.165, 1.54) is 13.2 Å². The number of rotatable bonds is 5. The summed E-state index contributed by atoms with van der Waals surface area (Å²) in [7, 11) is 1.26. The maximum Gasteiger partial charge on any atom is 0.187 e. The van der Waals surface area contributed by atoms with E-state index in [9.17, 15) is 30.6 Å². The van der Waals surface area contributed by atoms with Gasteiger partial charge in [0.15, 0.2) is 12.6 Å². The third-order valence-corrected chi connectivity index (χ3v) is 4.16. The molecule has 0 radical (unpaired) electrons. The molecular formula is C14H24O10. The van der Waals surface area contributed by atoms with Crippen LogP contribution in [0.3, 0.4) is 0 Å². The zero-order valence-electron chi connectivity index (χ0n) is 13.1. The number of aliphatic hydroxyl groups excluding tert-OH is 6. The molecule has 0 bridgehead atoms. The molecule has 0 aromatic heterocycles. The van der Waals surface area contributed by atoms with Crippen LogP contribution in [0, 0.1) is 0 Å². The minimum atomic E-state index is -1.54. The van der Waals surface area contributed by atoms with Crippen molar-refractivity contribution in [3.63, 3.8) is 0 Å². The SMILES string of the molecule is C=C[C@H]1O[C@@H](OC[C@H]2O[C@H](OC)[C@H](O)[C@@H](O)[C@H]2O)[C@H](O)[C@@H](O)[C@H]1O. The molecule has 0 saturated carbocycles. The summed E-state index contributed by atoms with van der Waals surface area (Å²) in [6.45, 7) is 3.12. The fourth-order valence-electron chi connectivity index (χ4n) is 2.64. The maximum absolute atomic E-state index is 9.93. The van der Waals surface area contributed by atoms with Gasteiger partial charge >= 0.3 is 0 Å². The number of methoxy groups -OCH3 is 1. The van der Waals surface area contributed by atoms with Crippen molar-refractivity contribution in [1.82, 2.24) is 0 Å². The zero-order valence-corrected chi connectivity index (χ0v) is 13.1. The molecule has 2 rings (SSSR count). The molecule has 2 heterocycles. The van der Waals surface area contributed by atoms with Gasteiger partial charge in [0.05, 0.1) is 6.61 Å². The Kier molecular flexibility index (Phi) is 6.67. The highest BCUT2D eigenvalue weighted by Crippen LogP contribution is 2.25. The molecule has 0 spiro atoms. The topological polar surface area (TPSA) is 158 Å². The van der Waals surface area contributed by atoms with E-state index >= 15 is 0 Å². The van der Waals surface area contributed by atoms with Crippen LogP contribution in [0.15, 0.2) is 12.7 Å². The second-order valence-corrected chi connectivity index (χ2v) is 5.76. The molecule has 2 fully saturated rings. The lowest BCUT2D eigenvalue weighted by Crippen LogP contribution is -2.61. The molecule has 140 valence electrons. The van der Waals surface area contributed by atoms with Crippen molar-refractivity contribution in [3.8, 4) is 0 Å². The summed E-state index contributed by atoms with van der Waals surface area (Å²) in [5.41, 5.74) is 0. The lowest BCUT2D eigenvalue weighted by atomic mass is 9.98. The minimum absolute atomic E-state index is 0.334. The highest BCUT2D eigenvalue weighted by molar-refractivity contribution is 4.97. The molecule has 2 saturated heterocycles. The number of aliphatic hydroxyl groups is 6. The van der Waals surface area contributed by atoms with Gasteiger partial charge < -0.3 is 49.6 Å². The quantitative estimate of drug-likeness (QED) is 0.274. The number of hydrogen-bond acceptors (Lipinski definition) is 10. The van der Waals surface area contributed by atoms with Crippen molar-refractivity contribution >= 4 is 0 Å². The highest BCUT2D eigenvalue weighted by Gasteiger charge is 2.46. The largest absolute Gasteiger partial charge is 0.387 e. The molecule has 10 atom stereocenters. The summed E-state index contributed by atoms with van der Waals surface area (Å²) in [5.74, 6) is 0. The number of ether oxygens (including phenoxy) is 4. The summed E-state index contributed by atoms with van der Waals surface area (Å²) >= 11 is 0. The molecule has 2 aliphatic rings. The molecule has 2 aliphatic heterocycles. The fourth-order valence-corrected chi connectivity index (χ4v) is 2.64. The molecule has 0 amide bonds. The van der Waals surface area contributed by atoms with E-state index in [4.69, 9.17) is 18.9 Å². The van der Waals surface area contributed by atoms with Crippen LogP contribution in [-0.4, -0.2) is 106 Å². The Bertz CT molecular complexity index is 418. The van der Waals surface area contributed by atoms with Crippen molar-refractivity contribution in [2.75, 3.05) is 13.7 Å². The van der Waals surface area contributed by atoms with Crippen LogP contribution < -0.4 is 0 Å². The summed E-state index contributed by atoms with van der Waals surface area (Å²) in [6, 6.07) is 0. The Morgan fingerprint density at radius 3 is 2.00 bits per heavy atom. The smallest absolute Gasteiger partial charge is 0.187 e. The van der Waals surface area contributed by atoms with Gasteiger partial charge in [-0.25, -0.2) is 0 Å². The van der Waals surface area contributed by atoms with Crippen LogP contribution in [-0.2, 0) is 18.9 Å². The van der Waals surface area contributed by atoms with Gasteiger partial charge in [0.1, 0.15) is 48.8 Å². The average Bonchev–Trinajstić information content (AvgIpc) is 2.58. The monoisotopic (exact) mass is 352 g/mol. The van der Waals surface area contributed by atoms with E-state index in [0.717, 1.165) is 0 Å². The molecule has 10 nitrogen and oxygen atoms in total. The lowest BCUT2D eigenvalue weighted by molar-refractivity contribution is -0.322. The Morgan fingerprint density at radius 1 is 0.833 bits per heavy atom. The van der Waals surface area contributed by atoms with E-state index in [-0.39, 0.29) is 6.61 Å². The van der Waals surface area contributed by atoms with Crippen LogP contribution in [0.25, 0.3) is 0 Å². The molecule has 0 unspecified atom stereocenters.